The second-order valence-corrected chi connectivity index (χ2v) is 7.89. The van der Waals surface area contributed by atoms with E-state index in [9.17, 15) is 8.42 Å². The van der Waals surface area contributed by atoms with Crippen LogP contribution in [0.5, 0.6) is 11.5 Å². The molecule has 10 heteroatoms. The molecule has 0 aliphatic carbocycles. The summed E-state index contributed by atoms with van der Waals surface area (Å²) in [7, 11) is -3.78. The van der Waals surface area contributed by atoms with E-state index in [2.05, 4.69) is 20.0 Å². The molecule has 2 heterocycles. The molecule has 0 atom stereocenters. The lowest BCUT2D eigenvalue weighted by atomic mass is 10.3. The summed E-state index contributed by atoms with van der Waals surface area (Å²) in [5, 5.41) is 3.10. The van der Waals surface area contributed by atoms with Crippen LogP contribution in [0.15, 0.2) is 60.0 Å². The topological polar surface area (TPSA) is 107 Å². The Balaban J connectivity index is 1.63. The number of hydrogen-bond acceptors (Lipinski definition) is 7. The summed E-state index contributed by atoms with van der Waals surface area (Å²) >= 11 is 0. The molecule has 2 aromatic heterocycles. The van der Waals surface area contributed by atoms with Gasteiger partial charge in [-0.3, -0.25) is 0 Å². The normalized spacial score (nSPS) is 11.3. The molecule has 0 saturated carbocycles. The van der Waals surface area contributed by atoms with Gasteiger partial charge < -0.3 is 19.4 Å². The van der Waals surface area contributed by atoms with Gasteiger partial charge in [-0.05, 0) is 38.1 Å². The summed E-state index contributed by atoms with van der Waals surface area (Å²) in [6.45, 7) is 4.94. The van der Waals surface area contributed by atoms with E-state index in [1.54, 1.807) is 25.1 Å². The van der Waals surface area contributed by atoms with Crippen molar-refractivity contribution in [3.8, 4) is 17.3 Å². The molecule has 0 fully saturated rings. The van der Waals surface area contributed by atoms with Crippen LogP contribution in [-0.2, 0) is 10.0 Å². The Morgan fingerprint density at radius 1 is 1.00 bits per heavy atom. The number of benzene rings is 1. The highest BCUT2D eigenvalue weighted by molar-refractivity contribution is 7.89. The monoisotopic (exact) mass is 431 g/mol. The van der Waals surface area contributed by atoms with Crippen molar-refractivity contribution in [2.75, 3.05) is 31.6 Å². The van der Waals surface area contributed by atoms with Gasteiger partial charge in [0.05, 0.1) is 13.2 Å². The van der Waals surface area contributed by atoms with Crippen LogP contribution in [0, 0.1) is 0 Å². The lowest BCUT2D eigenvalue weighted by molar-refractivity contribution is 0.322. The standard InChI is InChI=1S/C20H25N5O4S/c1-3-28-16-7-8-17(29-4-2)18(13-16)30(26,27)24-10-9-21-19-14-20(23-15-22-19)25-11-5-6-12-25/h5-8,11-15,24H,3-4,9-10H2,1-2H3,(H,21,22,23). The molecular weight excluding hydrogens is 406 g/mol. The van der Waals surface area contributed by atoms with E-state index >= 15 is 0 Å². The molecule has 0 aliphatic heterocycles. The molecule has 0 amide bonds. The van der Waals surface area contributed by atoms with Crippen LogP contribution in [0.25, 0.3) is 5.82 Å². The highest BCUT2D eigenvalue weighted by atomic mass is 32.2. The van der Waals surface area contributed by atoms with Gasteiger partial charge >= 0.3 is 0 Å². The third kappa shape index (κ3) is 5.49. The number of hydrogen-bond donors (Lipinski definition) is 2. The fourth-order valence-electron chi connectivity index (χ4n) is 2.76. The highest BCUT2D eigenvalue weighted by Crippen LogP contribution is 2.28. The van der Waals surface area contributed by atoms with Gasteiger partial charge in [0.15, 0.2) is 0 Å². The van der Waals surface area contributed by atoms with Gasteiger partial charge in [0.1, 0.15) is 34.4 Å². The Kier molecular flexibility index (Phi) is 7.26. The number of anilines is 1. The van der Waals surface area contributed by atoms with E-state index in [-0.39, 0.29) is 17.2 Å². The smallest absolute Gasteiger partial charge is 0.244 e. The maximum atomic E-state index is 12.8. The number of ether oxygens (including phenoxy) is 2. The fraction of sp³-hybridized carbons (Fsp3) is 0.300. The predicted molar refractivity (Wildman–Crippen MR) is 114 cm³/mol. The first-order valence-corrected chi connectivity index (χ1v) is 11.1. The van der Waals surface area contributed by atoms with Gasteiger partial charge in [0.25, 0.3) is 0 Å². The van der Waals surface area contributed by atoms with Crippen molar-refractivity contribution in [2.24, 2.45) is 0 Å². The van der Waals surface area contributed by atoms with E-state index in [1.807, 2.05) is 36.0 Å². The minimum atomic E-state index is -3.78. The third-order valence-corrected chi connectivity index (χ3v) is 5.54. The Bertz CT molecular complexity index is 1050. The zero-order chi connectivity index (χ0) is 21.4. The van der Waals surface area contributed by atoms with Crippen molar-refractivity contribution in [1.29, 1.82) is 0 Å². The number of nitrogens with zero attached hydrogens (tertiary/aromatic N) is 3. The van der Waals surface area contributed by atoms with Crippen LogP contribution >= 0.6 is 0 Å². The summed E-state index contributed by atoms with van der Waals surface area (Å²) in [5.74, 6) is 2.07. The molecule has 0 saturated heterocycles. The summed E-state index contributed by atoms with van der Waals surface area (Å²) in [5.41, 5.74) is 0. The van der Waals surface area contributed by atoms with Crippen LogP contribution < -0.4 is 19.5 Å². The van der Waals surface area contributed by atoms with Crippen LogP contribution in [0.2, 0.25) is 0 Å². The molecule has 30 heavy (non-hydrogen) atoms. The number of sulfonamides is 1. The van der Waals surface area contributed by atoms with Gasteiger partial charge in [-0.15, -0.1) is 0 Å². The van der Waals surface area contributed by atoms with Gasteiger partial charge in [-0.1, -0.05) is 0 Å². The zero-order valence-corrected chi connectivity index (χ0v) is 17.7. The van der Waals surface area contributed by atoms with Crippen LogP contribution in [0.3, 0.4) is 0 Å². The second kappa shape index (κ2) is 10.1. The van der Waals surface area contributed by atoms with Crippen LogP contribution in [-0.4, -0.2) is 49.3 Å². The first-order chi connectivity index (χ1) is 14.5. The van der Waals surface area contributed by atoms with Crippen molar-refractivity contribution in [2.45, 2.75) is 18.7 Å². The Morgan fingerprint density at radius 3 is 2.50 bits per heavy atom. The Labute approximate surface area is 176 Å². The van der Waals surface area contributed by atoms with Gasteiger partial charge in [-0.2, -0.15) is 0 Å². The molecule has 0 bridgehead atoms. The lowest BCUT2D eigenvalue weighted by Crippen LogP contribution is -2.29. The van der Waals surface area contributed by atoms with Crippen molar-refractivity contribution in [3.05, 3.63) is 55.1 Å². The van der Waals surface area contributed by atoms with Crippen LogP contribution in [0.4, 0.5) is 5.82 Å². The fourth-order valence-corrected chi connectivity index (χ4v) is 3.94. The second-order valence-electron chi connectivity index (χ2n) is 6.15. The molecule has 2 N–H and O–H groups in total. The van der Waals surface area contributed by atoms with Gasteiger partial charge in [0.2, 0.25) is 10.0 Å². The first-order valence-electron chi connectivity index (χ1n) is 9.62. The summed E-state index contributed by atoms with van der Waals surface area (Å²) < 4.78 is 40.9. The van der Waals surface area contributed by atoms with Crippen molar-refractivity contribution < 1.29 is 17.9 Å². The number of rotatable bonds is 11. The molecule has 0 spiro atoms. The predicted octanol–water partition coefficient (Wildman–Crippen LogP) is 2.46. The Hall–Kier alpha value is -3.11. The molecule has 160 valence electrons. The first kappa shape index (κ1) is 21.6. The average molecular weight is 432 g/mol. The van der Waals surface area contributed by atoms with Crippen molar-refractivity contribution >= 4 is 15.8 Å². The Morgan fingerprint density at radius 2 is 1.77 bits per heavy atom. The molecule has 1 aromatic carbocycles. The van der Waals surface area contributed by atoms with Crippen molar-refractivity contribution in [3.63, 3.8) is 0 Å². The van der Waals surface area contributed by atoms with E-state index in [0.717, 1.165) is 0 Å². The molecule has 0 radical (unpaired) electrons. The van der Waals surface area contributed by atoms with E-state index < -0.39 is 10.0 Å². The summed E-state index contributed by atoms with van der Waals surface area (Å²) in [6.07, 6.45) is 5.22. The molecular formula is C20H25N5O4S. The molecule has 3 rings (SSSR count). The average Bonchev–Trinajstić information content (AvgIpc) is 3.28. The SMILES string of the molecule is CCOc1ccc(OCC)c(S(=O)(=O)NCCNc2cc(-n3cccc3)ncn2)c1. The number of aromatic nitrogens is 3. The minimum Gasteiger partial charge on any atom is -0.494 e. The van der Waals surface area contributed by atoms with Crippen LogP contribution in [0.1, 0.15) is 13.8 Å². The molecule has 9 nitrogen and oxygen atoms in total. The highest BCUT2D eigenvalue weighted by Gasteiger charge is 2.20. The maximum absolute atomic E-state index is 12.8. The lowest BCUT2D eigenvalue weighted by Gasteiger charge is -2.14. The van der Waals surface area contributed by atoms with E-state index in [4.69, 9.17) is 9.47 Å². The van der Waals surface area contributed by atoms with Gasteiger partial charge in [0, 0.05) is 37.6 Å². The van der Waals surface area contributed by atoms with E-state index in [0.29, 0.717) is 37.1 Å². The van der Waals surface area contributed by atoms with Gasteiger partial charge in [-0.25, -0.2) is 23.1 Å². The molecule has 0 aliphatic rings. The number of nitrogens with one attached hydrogen (secondary N) is 2. The maximum Gasteiger partial charge on any atom is 0.244 e. The van der Waals surface area contributed by atoms with E-state index in [1.165, 1.54) is 12.4 Å². The van der Waals surface area contributed by atoms with Crippen molar-refractivity contribution in [1.82, 2.24) is 19.3 Å². The summed E-state index contributed by atoms with van der Waals surface area (Å²) in [4.78, 5) is 8.43. The zero-order valence-electron chi connectivity index (χ0n) is 16.9. The summed E-state index contributed by atoms with van der Waals surface area (Å²) in [6, 6.07) is 10.4. The largest absolute Gasteiger partial charge is 0.494 e. The minimum absolute atomic E-state index is 0.0484. The molecule has 0 unspecified atom stereocenters. The quantitative estimate of drug-likeness (QED) is 0.449. The third-order valence-electron chi connectivity index (χ3n) is 4.06. The molecule has 3 aromatic rings.